The highest BCUT2D eigenvalue weighted by Crippen LogP contribution is 2.20. The van der Waals surface area contributed by atoms with Crippen molar-refractivity contribution in [3.05, 3.63) is 78.4 Å². The quantitative estimate of drug-likeness (QED) is 0.421. The highest BCUT2D eigenvalue weighted by Gasteiger charge is 2.14. The number of carbonyl (C=O) groups is 1. The topological polar surface area (TPSA) is 69.0 Å². The van der Waals surface area contributed by atoms with Gasteiger partial charge in [0.05, 0.1) is 5.75 Å². The number of aromatic nitrogens is 3. The van der Waals surface area contributed by atoms with Crippen molar-refractivity contribution in [2.24, 2.45) is 0 Å². The lowest BCUT2D eigenvalue weighted by molar-refractivity contribution is -0.113. The van der Waals surface area contributed by atoms with E-state index in [1.165, 1.54) is 23.9 Å². The number of ether oxygens (including phenoxy) is 1. The second-order valence-electron chi connectivity index (χ2n) is 6.25. The van der Waals surface area contributed by atoms with Crippen molar-refractivity contribution >= 4 is 23.4 Å². The maximum Gasteiger partial charge on any atom is 0.234 e. The smallest absolute Gasteiger partial charge is 0.234 e. The Kier molecular flexibility index (Phi) is 7.02. The van der Waals surface area contributed by atoms with Gasteiger partial charge in [0.25, 0.3) is 0 Å². The SMILES string of the molecule is C=CCn1c(COc2ccc(F)cc2)nnc1SCC(=O)Nc1cccc(C)c1. The molecule has 0 aliphatic rings. The summed E-state index contributed by atoms with van der Waals surface area (Å²) in [4.78, 5) is 12.2. The van der Waals surface area contributed by atoms with E-state index in [2.05, 4.69) is 22.1 Å². The molecule has 0 spiro atoms. The number of hydrogen-bond donors (Lipinski definition) is 1. The van der Waals surface area contributed by atoms with Gasteiger partial charge in [-0.2, -0.15) is 0 Å². The van der Waals surface area contributed by atoms with E-state index in [0.717, 1.165) is 11.3 Å². The summed E-state index contributed by atoms with van der Waals surface area (Å²) in [6.45, 7) is 6.38. The van der Waals surface area contributed by atoms with Gasteiger partial charge in [0.1, 0.15) is 18.2 Å². The van der Waals surface area contributed by atoms with Crippen LogP contribution < -0.4 is 10.1 Å². The molecule has 0 radical (unpaired) electrons. The molecule has 1 heterocycles. The first-order valence-electron chi connectivity index (χ1n) is 8.96. The van der Waals surface area contributed by atoms with Crippen molar-refractivity contribution in [2.75, 3.05) is 11.1 Å². The minimum Gasteiger partial charge on any atom is -0.486 e. The van der Waals surface area contributed by atoms with Gasteiger partial charge in [-0.1, -0.05) is 30.0 Å². The van der Waals surface area contributed by atoms with Gasteiger partial charge >= 0.3 is 0 Å². The Morgan fingerprint density at radius 2 is 2.07 bits per heavy atom. The number of allylic oxidation sites excluding steroid dienone is 1. The number of anilines is 1. The Balaban J connectivity index is 1.60. The third kappa shape index (κ3) is 5.92. The van der Waals surface area contributed by atoms with Crippen molar-refractivity contribution in [1.82, 2.24) is 14.8 Å². The van der Waals surface area contributed by atoms with Gasteiger partial charge in [0, 0.05) is 12.2 Å². The Morgan fingerprint density at radius 3 is 2.79 bits per heavy atom. The molecule has 0 fully saturated rings. The Hall–Kier alpha value is -3.13. The van der Waals surface area contributed by atoms with Crippen molar-refractivity contribution < 1.29 is 13.9 Å². The van der Waals surface area contributed by atoms with E-state index in [-0.39, 0.29) is 24.1 Å². The number of nitrogens with zero attached hydrogens (tertiary/aromatic N) is 3. The molecule has 0 unspecified atom stereocenters. The summed E-state index contributed by atoms with van der Waals surface area (Å²) in [7, 11) is 0. The molecule has 0 atom stereocenters. The molecule has 0 saturated carbocycles. The molecule has 6 nitrogen and oxygen atoms in total. The monoisotopic (exact) mass is 412 g/mol. The molecule has 1 aromatic heterocycles. The number of carbonyl (C=O) groups excluding carboxylic acids is 1. The lowest BCUT2D eigenvalue weighted by Crippen LogP contribution is -2.15. The lowest BCUT2D eigenvalue weighted by Gasteiger charge is -2.09. The molecule has 1 amide bonds. The molecule has 3 aromatic rings. The largest absolute Gasteiger partial charge is 0.486 e. The van der Waals surface area contributed by atoms with E-state index < -0.39 is 0 Å². The molecule has 8 heteroatoms. The van der Waals surface area contributed by atoms with Crippen molar-refractivity contribution in [3.63, 3.8) is 0 Å². The summed E-state index contributed by atoms with van der Waals surface area (Å²) in [5.41, 5.74) is 1.84. The van der Waals surface area contributed by atoms with E-state index in [1.54, 1.807) is 18.2 Å². The predicted molar refractivity (Wildman–Crippen MR) is 111 cm³/mol. The zero-order valence-electron chi connectivity index (χ0n) is 16.0. The van der Waals surface area contributed by atoms with Crippen molar-refractivity contribution in [2.45, 2.75) is 25.2 Å². The number of hydrogen-bond acceptors (Lipinski definition) is 5. The summed E-state index contributed by atoms with van der Waals surface area (Å²) in [5, 5.41) is 11.8. The maximum absolute atomic E-state index is 13.0. The minimum atomic E-state index is -0.324. The van der Waals surface area contributed by atoms with Crippen LogP contribution in [0.4, 0.5) is 10.1 Å². The number of thioether (sulfide) groups is 1. The fourth-order valence-electron chi connectivity index (χ4n) is 2.57. The van der Waals surface area contributed by atoms with Gasteiger partial charge in [-0.15, -0.1) is 16.8 Å². The first kappa shape index (κ1) is 20.6. The number of halogens is 1. The number of aryl methyl sites for hydroxylation is 1. The normalized spacial score (nSPS) is 10.6. The molecular weight excluding hydrogens is 391 g/mol. The highest BCUT2D eigenvalue weighted by molar-refractivity contribution is 7.99. The van der Waals surface area contributed by atoms with Crippen LogP contribution in [0.2, 0.25) is 0 Å². The van der Waals surface area contributed by atoms with Crippen molar-refractivity contribution in [3.8, 4) is 5.75 Å². The maximum atomic E-state index is 13.0. The first-order valence-corrected chi connectivity index (χ1v) is 9.94. The van der Waals surface area contributed by atoms with E-state index in [4.69, 9.17) is 4.74 Å². The highest BCUT2D eigenvalue weighted by atomic mass is 32.2. The zero-order chi connectivity index (χ0) is 20.6. The Bertz CT molecular complexity index is 989. The van der Waals surface area contributed by atoms with Crippen LogP contribution in [0.25, 0.3) is 0 Å². The van der Waals surface area contributed by atoms with Crippen LogP contribution >= 0.6 is 11.8 Å². The average Bonchev–Trinajstić information content (AvgIpc) is 3.08. The van der Waals surface area contributed by atoms with E-state index in [1.807, 2.05) is 35.8 Å². The van der Waals surface area contributed by atoms with E-state index >= 15 is 0 Å². The van der Waals surface area contributed by atoms with Crippen LogP contribution in [-0.4, -0.2) is 26.4 Å². The number of amides is 1. The molecule has 0 aliphatic carbocycles. The van der Waals surface area contributed by atoms with Crippen LogP contribution in [-0.2, 0) is 17.9 Å². The fraction of sp³-hybridized carbons (Fsp3) is 0.190. The second-order valence-corrected chi connectivity index (χ2v) is 7.19. The zero-order valence-corrected chi connectivity index (χ0v) is 16.8. The number of nitrogens with one attached hydrogen (secondary N) is 1. The van der Waals surface area contributed by atoms with E-state index in [0.29, 0.717) is 23.3 Å². The summed E-state index contributed by atoms with van der Waals surface area (Å²) in [6.07, 6.45) is 1.72. The molecular formula is C21H21FN4O2S. The van der Waals surface area contributed by atoms with Crippen LogP contribution in [0.1, 0.15) is 11.4 Å². The lowest BCUT2D eigenvalue weighted by atomic mass is 10.2. The molecule has 0 bridgehead atoms. The van der Waals surface area contributed by atoms with Crippen LogP contribution in [0.15, 0.2) is 66.3 Å². The summed E-state index contributed by atoms with van der Waals surface area (Å²) in [5.74, 6) is 0.872. The third-order valence-corrected chi connectivity index (χ3v) is 4.89. The van der Waals surface area contributed by atoms with Gasteiger partial charge in [-0.25, -0.2) is 4.39 Å². The average molecular weight is 412 g/mol. The van der Waals surface area contributed by atoms with Gasteiger partial charge in [-0.05, 0) is 48.9 Å². The third-order valence-electron chi connectivity index (χ3n) is 3.92. The molecule has 3 rings (SSSR count). The fourth-order valence-corrected chi connectivity index (χ4v) is 3.34. The van der Waals surface area contributed by atoms with Crippen LogP contribution in [0.3, 0.4) is 0 Å². The molecule has 1 N–H and O–H groups in total. The summed E-state index contributed by atoms with van der Waals surface area (Å²) in [6, 6.07) is 13.4. The second kappa shape index (κ2) is 9.88. The molecule has 2 aromatic carbocycles. The predicted octanol–water partition coefficient (Wildman–Crippen LogP) is 4.22. The van der Waals surface area contributed by atoms with Gasteiger partial charge < -0.3 is 10.1 Å². The van der Waals surface area contributed by atoms with Gasteiger partial charge in [-0.3, -0.25) is 9.36 Å². The number of benzene rings is 2. The molecule has 0 aliphatic heterocycles. The van der Waals surface area contributed by atoms with Gasteiger partial charge in [0.2, 0.25) is 5.91 Å². The summed E-state index contributed by atoms with van der Waals surface area (Å²) < 4.78 is 20.5. The Labute approximate surface area is 172 Å². The number of rotatable bonds is 9. The Morgan fingerprint density at radius 1 is 1.28 bits per heavy atom. The molecule has 29 heavy (non-hydrogen) atoms. The molecule has 150 valence electrons. The summed E-state index contributed by atoms with van der Waals surface area (Å²) >= 11 is 1.29. The van der Waals surface area contributed by atoms with Gasteiger partial charge in [0.15, 0.2) is 11.0 Å². The van der Waals surface area contributed by atoms with Crippen LogP contribution in [0.5, 0.6) is 5.75 Å². The van der Waals surface area contributed by atoms with E-state index in [9.17, 15) is 9.18 Å². The standard InChI is InChI=1S/C21H21FN4O2S/c1-3-11-26-19(13-28-18-9-7-16(22)8-10-18)24-25-21(26)29-14-20(27)23-17-6-4-5-15(2)12-17/h3-10,12H,1,11,13-14H2,2H3,(H,23,27). The first-order chi connectivity index (χ1) is 14.0. The molecule has 0 saturated heterocycles. The van der Waals surface area contributed by atoms with Crippen LogP contribution in [0, 0.1) is 12.7 Å². The van der Waals surface area contributed by atoms with Crippen molar-refractivity contribution in [1.29, 1.82) is 0 Å². The minimum absolute atomic E-state index is 0.127.